The number of carbonyl (C=O) groups is 1. The van der Waals surface area contributed by atoms with E-state index < -0.39 is 0 Å². The molecule has 3 rings (SSSR count). The van der Waals surface area contributed by atoms with Gasteiger partial charge < -0.3 is 9.64 Å². The van der Waals surface area contributed by atoms with E-state index in [2.05, 4.69) is 24.8 Å². The Kier molecular flexibility index (Phi) is 4.65. The molecule has 3 heterocycles. The van der Waals surface area contributed by atoms with Crippen LogP contribution in [0.1, 0.15) is 39.5 Å². The number of piperidine rings is 1. The second-order valence-corrected chi connectivity index (χ2v) is 8.49. The molecule has 0 saturated carbocycles. The molecule has 0 aromatic carbocycles. The van der Waals surface area contributed by atoms with E-state index in [1.165, 1.54) is 11.3 Å². The fourth-order valence-corrected chi connectivity index (χ4v) is 5.05. The van der Waals surface area contributed by atoms with Gasteiger partial charge in [0.15, 0.2) is 0 Å². The van der Waals surface area contributed by atoms with E-state index in [9.17, 15) is 4.79 Å². The van der Waals surface area contributed by atoms with Crippen molar-refractivity contribution in [3.8, 4) is 0 Å². The minimum absolute atomic E-state index is 0.113. The Morgan fingerprint density at radius 2 is 2.14 bits per heavy atom. The van der Waals surface area contributed by atoms with E-state index in [0.717, 1.165) is 51.3 Å². The van der Waals surface area contributed by atoms with E-state index in [0.29, 0.717) is 11.8 Å². The minimum Gasteiger partial charge on any atom is -0.381 e. The monoisotopic (exact) mass is 309 g/mol. The molecule has 0 aliphatic carbocycles. The molecule has 0 spiro atoms. The number of carbonyl (C=O) groups excluding carboxylic acids is 1. The molecule has 0 N–H and O–H groups in total. The summed E-state index contributed by atoms with van der Waals surface area (Å²) in [6.45, 7) is 8.18. The van der Waals surface area contributed by atoms with Crippen molar-refractivity contribution in [3.63, 3.8) is 0 Å². The Morgan fingerprint density at radius 3 is 2.86 bits per heavy atom. The van der Waals surface area contributed by atoms with Gasteiger partial charge in [-0.05, 0) is 41.9 Å². The Labute approximate surface area is 132 Å². The van der Waals surface area contributed by atoms with Gasteiger partial charge in [0.1, 0.15) is 0 Å². The summed E-state index contributed by atoms with van der Waals surface area (Å²) in [5.41, 5.74) is 0.285. The van der Waals surface area contributed by atoms with Crippen LogP contribution in [0.2, 0.25) is 0 Å². The van der Waals surface area contributed by atoms with E-state index >= 15 is 0 Å². The molecule has 2 fully saturated rings. The van der Waals surface area contributed by atoms with E-state index in [-0.39, 0.29) is 11.3 Å². The molecule has 2 saturated heterocycles. The van der Waals surface area contributed by atoms with Crippen molar-refractivity contribution in [1.82, 2.24) is 4.90 Å². The maximum Gasteiger partial charge on any atom is 0.230 e. The lowest BCUT2D eigenvalue weighted by Crippen LogP contribution is -2.45. The molecule has 3 aliphatic rings. The van der Waals surface area contributed by atoms with Crippen LogP contribution < -0.4 is 0 Å². The third-order valence-corrected chi connectivity index (χ3v) is 6.28. The molecule has 3 aliphatic heterocycles. The minimum atomic E-state index is 0.113. The summed E-state index contributed by atoms with van der Waals surface area (Å²) in [5, 5.41) is 0. The number of likely N-dealkylation sites (tertiary alicyclic amines) is 1. The van der Waals surface area contributed by atoms with Crippen LogP contribution in [0.5, 0.6) is 0 Å². The lowest BCUT2D eigenvalue weighted by Gasteiger charge is -2.39. The van der Waals surface area contributed by atoms with Crippen LogP contribution in [0.15, 0.2) is 11.0 Å². The molecule has 0 aromatic heterocycles. The van der Waals surface area contributed by atoms with E-state index in [1.54, 1.807) is 0 Å². The fourth-order valence-electron chi connectivity index (χ4n) is 3.71. The van der Waals surface area contributed by atoms with Gasteiger partial charge in [0.2, 0.25) is 5.91 Å². The van der Waals surface area contributed by atoms with Crippen molar-refractivity contribution < 1.29 is 9.53 Å². The van der Waals surface area contributed by atoms with Crippen LogP contribution in [-0.2, 0) is 9.53 Å². The molecular weight excluding hydrogens is 282 g/mol. The third kappa shape index (κ3) is 3.65. The van der Waals surface area contributed by atoms with Crippen molar-refractivity contribution in [3.05, 3.63) is 11.0 Å². The molecule has 118 valence electrons. The Morgan fingerprint density at radius 1 is 1.38 bits per heavy atom. The largest absolute Gasteiger partial charge is 0.381 e. The predicted molar refractivity (Wildman–Crippen MR) is 87.2 cm³/mol. The quantitative estimate of drug-likeness (QED) is 0.784. The summed E-state index contributed by atoms with van der Waals surface area (Å²) in [7, 11) is 0. The molecule has 1 amide bonds. The summed E-state index contributed by atoms with van der Waals surface area (Å²) in [6, 6.07) is 0. The highest BCUT2D eigenvalue weighted by Gasteiger charge is 2.34. The first kappa shape index (κ1) is 15.4. The third-order valence-electron chi connectivity index (χ3n) is 4.95. The topological polar surface area (TPSA) is 29.5 Å². The van der Waals surface area contributed by atoms with E-state index in [1.807, 2.05) is 11.8 Å². The van der Waals surface area contributed by atoms with Gasteiger partial charge >= 0.3 is 0 Å². The summed E-state index contributed by atoms with van der Waals surface area (Å²) < 4.78 is 5.44. The SMILES string of the molecule is CC1(C)CCCN(C(=O)C2C=C(C3CCOCC3)SC2)C1. The summed E-state index contributed by atoms with van der Waals surface area (Å²) in [4.78, 5) is 16.3. The number of hydrogen-bond acceptors (Lipinski definition) is 3. The van der Waals surface area contributed by atoms with Crippen LogP contribution >= 0.6 is 11.8 Å². The normalized spacial score (nSPS) is 30.3. The van der Waals surface area contributed by atoms with Crippen molar-refractivity contribution in [2.75, 3.05) is 32.1 Å². The highest BCUT2D eigenvalue weighted by atomic mass is 32.2. The molecule has 1 atom stereocenters. The maximum atomic E-state index is 12.8. The van der Waals surface area contributed by atoms with Gasteiger partial charge in [-0.25, -0.2) is 0 Å². The van der Waals surface area contributed by atoms with Crippen molar-refractivity contribution in [2.45, 2.75) is 39.5 Å². The van der Waals surface area contributed by atoms with Crippen molar-refractivity contribution in [1.29, 1.82) is 0 Å². The molecule has 4 heteroatoms. The Bertz CT molecular complexity index is 427. The number of amides is 1. The van der Waals surface area contributed by atoms with Crippen LogP contribution in [0.4, 0.5) is 0 Å². The average molecular weight is 309 g/mol. The molecule has 3 nitrogen and oxygen atoms in total. The van der Waals surface area contributed by atoms with Crippen molar-refractivity contribution >= 4 is 17.7 Å². The van der Waals surface area contributed by atoms with Gasteiger partial charge in [-0.2, -0.15) is 0 Å². The molecule has 0 radical (unpaired) electrons. The summed E-state index contributed by atoms with van der Waals surface area (Å²) in [6.07, 6.45) is 6.89. The van der Waals surface area contributed by atoms with Crippen molar-refractivity contribution in [2.24, 2.45) is 17.3 Å². The van der Waals surface area contributed by atoms with Crippen LogP contribution in [0, 0.1) is 17.3 Å². The van der Waals surface area contributed by atoms with Gasteiger partial charge in [0.25, 0.3) is 0 Å². The van der Waals surface area contributed by atoms with Crippen LogP contribution in [-0.4, -0.2) is 42.9 Å². The average Bonchev–Trinajstić information content (AvgIpc) is 2.96. The Hall–Kier alpha value is -0.480. The molecule has 0 bridgehead atoms. The van der Waals surface area contributed by atoms with Gasteiger partial charge in [-0.1, -0.05) is 19.9 Å². The highest BCUT2D eigenvalue weighted by Crippen LogP contribution is 2.40. The highest BCUT2D eigenvalue weighted by molar-refractivity contribution is 8.03. The molecule has 1 unspecified atom stereocenters. The predicted octanol–water partition coefficient (Wildman–Crippen LogP) is 3.31. The van der Waals surface area contributed by atoms with Crippen LogP contribution in [0.25, 0.3) is 0 Å². The number of ether oxygens (including phenoxy) is 1. The van der Waals surface area contributed by atoms with Gasteiger partial charge in [0.05, 0.1) is 5.92 Å². The van der Waals surface area contributed by atoms with Gasteiger partial charge in [-0.3, -0.25) is 4.79 Å². The Balaban J connectivity index is 1.61. The smallest absolute Gasteiger partial charge is 0.230 e. The summed E-state index contributed by atoms with van der Waals surface area (Å²) >= 11 is 1.91. The maximum absolute atomic E-state index is 12.8. The second-order valence-electron chi connectivity index (χ2n) is 7.40. The van der Waals surface area contributed by atoms with Gasteiger partial charge in [0, 0.05) is 32.1 Å². The molecule has 0 aromatic rings. The lowest BCUT2D eigenvalue weighted by atomic mass is 9.83. The van der Waals surface area contributed by atoms with E-state index in [4.69, 9.17) is 4.74 Å². The van der Waals surface area contributed by atoms with Crippen LogP contribution in [0.3, 0.4) is 0 Å². The zero-order valence-corrected chi connectivity index (χ0v) is 14.1. The first-order chi connectivity index (χ1) is 10.1. The number of nitrogens with zero attached hydrogens (tertiary/aromatic N) is 1. The lowest BCUT2D eigenvalue weighted by molar-refractivity contribution is -0.136. The zero-order chi connectivity index (χ0) is 14.9. The second kappa shape index (κ2) is 6.33. The zero-order valence-electron chi connectivity index (χ0n) is 13.3. The number of thioether (sulfide) groups is 1. The summed E-state index contributed by atoms with van der Waals surface area (Å²) in [5.74, 6) is 2.06. The van der Waals surface area contributed by atoms with Gasteiger partial charge in [-0.15, -0.1) is 11.8 Å². The number of rotatable bonds is 2. The number of hydrogen-bond donors (Lipinski definition) is 0. The molecule has 21 heavy (non-hydrogen) atoms. The first-order valence-corrected chi connectivity index (χ1v) is 9.25. The number of allylic oxidation sites excluding steroid dienone is 1. The standard InChI is InChI=1S/C17H27NO2S/c1-17(2)6-3-7-18(12-17)16(19)14-10-15(21-11-14)13-4-8-20-9-5-13/h10,13-14H,3-9,11-12H2,1-2H3. The fraction of sp³-hybridized carbons (Fsp3) is 0.824. The first-order valence-electron chi connectivity index (χ1n) is 8.26. The molecular formula is C17H27NO2S.